The zero-order valence-corrected chi connectivity index (χ0v) is 18.6. The Morgan fingerprint density at radius 3 is 2.36 bits per heavy atom. The summed E-state index contributed by atoms with van der Waals surface area (Å²) < 4.78 is 0. The number of nitrogens with zero attached hydrogens (tertiary/aromatic N) is 3. The molecule has 1 saturated heterocycles. The van der Waals surface area contributed by atoms with E-state index < -0.39 is 0 Å². The third-order valence-electron chi connectivity index (χ3n) is 6.48. The summed E-state index contributed by atoms with van der Waals surface area (Å²) in [4.78, 5) is 29.4. The van der Waals surface area contributed by atoms with Crippen molar-refractivity contribution in [1.82, 2.24) is 15.1 Å². The van der Waals surface area contributed by atoms with Gasteiger partial charge < -0.3 is 9.80 Å². The van der Waals surface area contributed by atoms with Gasteiger partial charge in [0.25, 0.3) is 11.8 Å². The molecule has 2 amide bonds. The van der Waals surface area contributed by atoms with E-state index in [1.165, 1.54) is 0 Å². The zero-order chi connectivity index (χ0) is 22.8. The Hall–Kier alpha value is -3.93. The maximum Gasteiger partial charge on any atom is 0.278 e. The van der Waals surface area contributed by atoms with Crippen LogP contribution in [0.3, 0.4) is 0 Å². The number of carbonyl (C=O) groups is 2. The van der Waals surface area contributed by atoms with Crippen LogP contribution < -0.4 is 4.90 Å². The number of hydrogen-bond donors (Lipinski definition) is 1. The summed E-state index contributed by atoms with van der Waals surface area (Å²) in [5.74, 6) is 0.179. The van der Waals surface area contributed by atoms with Gasteiger partial charge in [0.05, 0.1) is 0 Å². The molecule has 0 atom stereocenters. The fourth-order valence-electron chi connectivity index (χ4n) is 4.49. The summed E-state index contributed by atoms with van der Waals surface area (Å²) in [5.41, 5.74) is 2.92. The molecule has 1 N–H and O–H groups in total. The first-order valence-electron chi connectivity index (χ1n) is 11.3. The Kier molecular flexibility index (Phi) is 5.65. The van der Waals surface area contributed by atoms with Crippen molar-refractivity contribution < 1.29 is 9.59 Å². The van der Waals surface area contributed by atoms with Crippen molar-refractivity contribution in [2.24, 2.45) is 0 Å². The molecule has 1 aliphatic rings. The van der Waals surface area contributed by atoms with Crippen LogP contribution in [0.5, 0.6) is 0 Å². The molecule has 0 aliphatic carbocycles. The van der Waals surface area contributed by atoms with Crippen molar-refractivity contribution in [3.8, 4) is 0 Å². The number of aromatic nitrogens is 2. The molecule has 6 nitrogen and oxygen atoms in total. The van der Waals surface area contributed by atoms with Crippen LogP contribution in [0.4, 0.5) is 5.69 Å². The molecule has 33 heavy (non-hydrogen) atoms. The summed E-state index contributed by atoms with van der Waals surface area (Å²) in [6.07, 6.45) is 1.67. The molecule has 0 unspecified atom stereocenters. The predicted octanol–water partition coefficient (Wildman–Crippen LogP) is 4.86. The lowest BCUT2D eigenvalue weighted by atomic mass is 9.93. The molecule has 5 rings (SSSR count). The Labute approximate surface area is 192 Å². The van der Waals surface area contributed by atoms with Crippen LogP contribution in [-0.4, -0.2) is 47.0 Å². The molecule has 0 saturated carbocycles. The van der Waals surface area contributed by atoms with Gasteiger partial charge in [-0.3, -0.25) is 14.7 Å². The molecule has 6 heteroatoms. The first-order valence-corrected chi connectivity index (χ1v) is 11.3. The highest BCUT2D eigenvalue weighted by Crippen LogP contribution is 2.28. The highest BCUT2D eigenvalue weighted by Gasteiger charge is 2.27. The van der Waals surface area contributed by atoms with Crippen LogP contribution in [0, 0.1) is 0 Å². The molecule has 1 aromatic heterocycles. The first-order chi connectivity index (χ1) is 16.1. The number of H-pyrrole nitrogens is 1. The van der Waals surface area contributed by atoms with E-state index in [4.69, 9.17) is 0 Å². The molecule has 166 valence electrons. The number of benzene rings is 3. The van der Waals surface area contributed by atoms with Gasteiger partial charge in [-0.15, -0.1) is 0 Å². The number of hydrogen-bond acceptors (Lipinski definition) is 3. The second-order valence-corrected chi connectivity index (χ2v) is 8.54. The number of piperidine rings is 1. The van der Waals surface area contributed by atoms with Gasteiger partial charge in [0, 0.05) is 43.0 Å². The van der Waals surface area contributed by atoms with Gasteiger partial charge in [0.1, 0.15) is 0 Å². The van der Waals surface area contributed by atoms with Gasteiger partial charge in [0.15, 0.2) is 5.69 Å². The van der Waals surface area contributed by atoms with E-state index in [1.807, 2.05) is 77.7 Å². The number of para-hydroxylation sites is 1. The van der Waals surface area contributed by atoms with Gasteiger partial charge in [-0.25, -0.2) is 0 Å². The molecule has 0 radical (unpaired) electrons. The smallest absolute Gasteiger partial charge is 0.278 e. The summed E-state index contributed by atoms with van der Waals surface area (Å²) in [6, 6.07) is 25.3. The molecule has 4 aromatic rings. The maximum absolute atomic E-state index is 13.0. The van der Waals surface area contributed by atoms with Crippen LogP contribution in [0.25, 0.3) is 10.8 Å². The molecular formula is C27H26N4O2. The number of likely N-dealkylation sites (tertiary alicyclic amines) is 1. The summed E-state index contributed by atoms with van der Waals surface area (Å²) in [7, 11) is 1.75. The number of amides is 2. The van der Waals surface area contributed by atoms with Gasteiger partial charge in [-0.1, -0.05) is 48.5 Å². The highest BCUT2D eigenvalue weighted by atomic mass is 16.2. The van der Waals surface area contributed by atoms with E-state index >= 15 is 0 Å². The minimum atomic E-state index is -0.146. The van der Waals surface area contributed by atoms with Crippen molar-refractivity contribution in [2.75, 3.05) is 25.0 Å². The fraction of sp³-hybridized carbons (Fsp3) is 0.222. The van der Waals surface area contributed by atoms with Crippen molar-refractivity contribution in [2.45, 2.75) is 18.8 Å². The molecule has 2 heterocycles. The topological polar surface area (TPSA) is 69.3 Å². The Morgan fingerprint density at radius 1 is 0.909 bits per heavy atom. The number of rotatable bonds is 4. The van der Waals surface area contributed by atoms with E-state index in [2.05, 4.69) is 16.3 Å². The van der Waals surface area contributed by atoms with Gasteiger partial charge in [-0.2, -0.15) is 5.10 Å². The van der Waals surface area contributed by atoms with Crippen LogP contribution in [0.2, 0.25) is 0 Å². The van der Waals surface area contributed by atoms with Crippen LogP contribution in [-0.2, 0) is 0 Å². The monoisotopic (exact) mass is 438 g/mol. The van der Waals surface area contributed by atoms with Gasteiger partial charge in [-0.05, 0) is 53.9 Å². The molecule has 0 bridgehead atoms. The van der Waals surface area contributed by atoms with E-state index in [9.17, 15) is 9.59 Å². The average Bonchev–Trinajstić information content (AvgIpc) is 3.38. The van der Waals surface area contributed by atoms with E-state index in [-0.39, 0.29) is 17.7 Å². The number of anilines is 1. The lowest BCUT2D eigenvalue weighted by molar-refractivity contribution is 0.0712. The molecule has 1 aliphatic heterocycles. The summed E-state index contributed by atoms with van der Waals surface area (Å²) >= 11 is 0. The Bertz CT molecular complexity index is 1290. The van der Waals surface area contributed by atoms with Crippen LogP contribution in [0.15, 0.2) is 78.9 Å². The normalized spacial score (nSPS) is 14.4. The van der Waals surface area contributed by atoms with Crippen LogP contribution in [0.1, 0.15) is 45.3 Å². The van der Waals surface area contributed by atoms with E-state index in [0.717, 1.165) is 40.6 Å². The second kappa shape index (κ2) is 8.90. The van der Waals surface area contributed by atoms with Crippen molar-refractivity contribution in [1.29, 1.82) is 0 Å². The fourth-order valence-corrected chi connectivity index (χ4v) is 4.49. The van der Waals surface area contributed by atoms with Gasteiger partial charge in [0.2, 0.25) is 0 Å². The largest absolute Gasteiger partial charge is 0.339 e. The van der Waals surface area contributed by atoms with Crippen molar-refractivity contribution in [3.05, 3.63) is 95.8 Å². The minimum absolute atomic E-state index is 0.0733. The lowest BCUT2D eigenvalue weighted by Crippen LogP contribution is -2.38. The molecular weight excluding hydrogens is 412 g/mol. The predicted molar refractivity (Wildman–Crippen MR) is 130 cm³/mol. The number of fused-ring (bicyclic) bond motifs is 1. The zero-order valence-electron chi connectivity index (χ0n) is 18.6. The van der Waals surface area contributed by atoms with Gasteiger partial charge >= 0.3 is 0 Å². The number of carbonyl (C=O) groups excluding carboxylic acids is 2. The quantitative estimate of drug-likeness (QED) is 0.495. The lowest BCUT2D eigenvalue weighted by Gasteiger charge is -2.31. The third-order valence-corrected chi connectivity index (χ3v) is 6.48. The Balaban J connectivity index is 1.22. The van der Waals surface area contributed by atoms with Crippen molar-refractivity contribution >= 4 is 28.3 Å². The van der Waals surface area contributed by atoms with Crippen molar-refractivity contribution in [3.63, 3.8) is 0 Å². The standard InChI is InChI=1S/C27H26N4O2/c1-30(23-9-3-2-4-10-23)27(33)25-18-24(28-29-25)20-13-15-31(16-14-20)26(32)22-12-11-19-7-5-6-8-21(19)17-22/h2-12,17-18,20H,13-16H2,1H3,(H,28,29). The number of aromatic amines is 1. The maximum atomic E-state index is 13.0. The third kappa shape index (κ3) is 4.24. The average molecular weight is 439 g/mol. The minimum Gasteiger partial charge on any atom is -0.339 e. The molecule has 0 spiro atoms. The summed E-state index contributed by atoms with van der Waals surface area (Å²) in [5, 5.41) is 9.54. The molecule has 1 fully saturated rings. The number of nitrogens with one attached hydrogen (secondary N) is 1. The van der Waals surface area contributed by atoms with E-state index in [1.54, 1.807) is 11.9 Å². The van der Waals surface area contributed by atoms with E-state index in [0.29, 0.717) is 18.8 Å². The SMILES string of the molecule is CN(C(=O)c1cc(C2CCN(C(=O)c3ccc4ccccc4c3)CC2)[nH]n1)c1ccccc1. The molecule has 3 aromatic carbocycles. The second-order valence-electron chi connectivity index (χ2n) is 8.54. The summed E-state index contributed by atoms with van der Waals surface area (Å²) in [6.45, 7) is 1.37. The van der Waals surface area contributed by atoms with Crippen LogP contribution >= 0.6 is 0 Å². The first kappa shape index (κ1) is 20.9. The highest BCUT2D eigenvalue weighted by molar-refractivity contribution is 6.04. The Morgan fingerprint density at radius 2 is 1.61 bits per heavy atom.